The molecule has 2 aromatic carbocycles. The zero-order valence-corrected chi connectivity index (χ0v) is 23.6. The van der Waals surface area contributed by atoms with Crippen LogP contribution >= 0.6 is 0 Å². The Morgan fingerprint density at radius 2 is 1.76 bits per heavy atom. The summed E-state index contributed by atoms with van der Waals surface area (Å²) in [7, 11) is 4.14. The molecule has 206 valence electrons. The van der Waals surface area contributed by atoms with Crippen molar-refractivity contribution in [3.8, 4) is 0 Å². The number of benzene rings is 2. The standard InChI is InChI=1S/C31H43N3O4/c1-31(2,3)38-30(36)23-11-9-22(10-12-23)21-28(35)29-26-7-6-8-27(25(26)13-16-32-29)34-17-14-24(15-18-34)37-20-19-33(4)5/h6-12,24,29,32H,13-21H2,1-5H3. The van der Waals surface area contributed by atoms with Crippen LogP contribution in [0.1, 0.15) is 66.7 Å². The van der Waals surface area contributed by atoms with Gasteiger partial charge in [-0.1, -0.05) is 24.3 Å². The Balaban J connectivity index is 1.39. The van der Waals surface area contributed by atoms with Gasteiger partial charge in [0.2, 0.25) is 0 Å². The average molecular weight is 522 g/mol. The minimum atomic E-state index is -0.541. The number of nitrogens with one attached hydrogen (secondary N) is 1. The predicted molar refractivity (Wildman–Crippen MR) is 151 cm³/mol. The molecule has 1 saturated heterocycles. The molecule has 38 heavy (non-hydrogen) atoms. The molecule has 0 radical (unpaired) electrons. The summed E-state index contributed by atoms with van der Waals surface area (Å²) in [5.74, 6) is -0.212. The molecule has 0 aliphatic carbocycles. The van der Waals surface area contributed by atoms with E-state index in [0.29, 0.717) is 18.1 Å². The molecule has 2 aliphatic heterocycles. The number of fused-ring (bicyclic) bond motifs is 1. The Bertz CT molecular complexity index is 1100. The maximum Gasteiger partial charge on any atom is 0.338 e. The molecule has 4 rings (SSSR count). The number of carbonyl (C=O) groups excluding carboxylic acids is 2. The van der Waals surface area contributed by atoms with E-state index in [1.807, 2.05) is 32.9 Å². The van der Waals surface area contributed by atoms with Gasteiger partial charge in [-0.05, 0) is 89.0 Å². The third kappa shape index (κ3) is 7.43. The van der Waals surface area contributed by atoms with Crippen molar-refractivity contribution in [1.29, 1.82) is 0 Å². The van der Waals surface area contributed by atoms with Gasteiger partial charge in [0.15, 0.2) is 5.78 Å². The van der Waals surface area contributed by atoms with E-state index in [2.05, 4.69) is 47.4 Å². The second kappa shape index (κ2) is 12.4. The van der Waals surface area contributed by atoms with Crippen LogP contribution in [-0.2, 0) is 27.1 Å². The number of hydrogen-bond donors (Lipinski definition) is 1. The number of piperidine rings is 1. The Labute approximate surface area is 227 Å². The summed E-state index contributed by atoms with van der Waals surface area (Å²) in [5, 5.41) is 3.45. The van der Waals surface area contributed by atoms with Crippen molar-refractivity contribution in [2.45, 2.75) is 64.2 Å². The maximum atomic E-state index is 13.4. The quantitative estimate of drug-likeness (QED) is 0.496. The van der Waals surface area contributed by atoms with Crippen molar-refractivity contribution in [3.63, 3.8) is 0 Å². The summed E-state index contributed by atoms with van der Waals surface area (Å²) >= 11 is 0. The number of nitrogens with zero attached hydrogens (tertiary/aromatic N) is 2. The molecule has 1 unspecified atom stereocenters. The molecule has 1 fully saturated rings. The van der Waals surface area contributed by atoms with E-state index < -0.39 is 5.60 Å². The monoisotopic (exact) mass is 521 g/mol. The lowest BCUT2D eigenvalue weighted by atomic mass is 9.88. The van der Waals surface area contributed by atoms with Crippen molar-refractivity contribution < 1.29 is 19.1 Å². The summed E-state index contributed by atoms with van der Waals surface area (Å²) in [4.78, 5) is 30.4. The lowest BCUT2D eigenvalue weighted by Gasteiger charge is -2.37. The first-order chi connectivity index (χ1) is 18.1. The number of ketones is 1. The molecule has 0 bridgehead atoms. The Kier molecular flexibility index (Phi) is 9.23. The SMILES string of the molecule is CN(C)CCOC1CCN(c2cccc3c2CCNC3C(=O)Cc2ccc(C(=O)OC(C)(C)C)cc2)CC1. The number of esters is 1. The van der Waals surface area contributed by atoms with E-state index in [-0.39, 0.29) is 17.8 Å². The van der Waals surface area contributed by atoms with E-state index in [0.717, 1.165) is 63.2 Å². The van der Waals surface area contributed by atoms with Crippen LogP contribution in [0.25, 0.3) is 0 Å². The molecule has 2 aromatic rings. The molecule has 2 aliphatic rings. The highest BCUT2D eigenvalue weighted by molar-refractivity contribution is 5.91. The van der Waals surface area contributed by atoms with Crippen LogP contribution in [-0.4, -0.2) is 75.2 Å². The van der Waals surface area contributed by atoms with Crippen molar-refractivity contribution in [2.24, 2.45) is 0 Å². The molecule has 1 atom stereocenters. The largest absolute Gasteiger partial charge is 0.456 e. The lowest BCUT2D eigenvalue weighted by molar-refractivity contribution is -0.120. The fourth-order valence-corrected chi connectivity index (χ4v) is 5.23. The van der Waals surface area contributed by atoms with E-state index in [1.54, 1.807) is 12.1 Å². The van der Waals surface area contributed by atoms with Crippen LogP contribution in [0.3, 0.4) is 0 Å². The van der Waals surface area contributed by atoms with Gasteiger partial charge in [0.25, 0.3) is 0 Å². The first-order valence-electron chi connectivity index (χ1n) is 13.8. The molecule has 0 aromatic heterocycles. The number of anilines is 1. The van der Waals surface area contributed by atoms with E-state index >= 15 is 0 Å². The van der Waals surface area contributed by atoms with E-state index in [9.17, 15) is 9.59 Å². The summed E-state index contributed by atoms with van der Waals surface area (Å²) < 4.78 is 11.5. The third-order valence-electron chi connectivity index (χ3n) is 7.19. The van der Waals surface area contributed by atoms with Crippen LogP contribution in [0.2, 0.25) is 0 Å². The van der Waals surface area contributed by atoms with Gasteiger partial charge in [0.1, 0.15) is 5.60 Å². The molecule has 0 spiro atoms. The fraction of sp³-hybridized carbons (Fsp3) is 0.548. The molecule has 0 saturated carbocycles. The van der Waals surface area contributed by atoms with Gasteiger partial charge in [-0.25, -0.2) is 4.79 Å². The molecule has 7 nitrogen and oxygen atoms in total. The molecular formula is C31H43N3O4. The number of likely N-dealkylation sites (N-methyl/N-ethyl adjacent to an activating group) is 1. The maximum absolute atomic E-state index is 13.4. The second-order valence-corrected chi connectivity index (χ2v) is 11.7. The van der Waals surface area contributed by atoms with Crippen molar-refractivity contribution >= 4 is 17.4 Å². The topological polar surface area (TPSA) is 71.1 Å². The van der Waals surface area contributed by atoms with Gasteiger partial charge < -0.3 is 24.6 Å². The zero-order valence-electron chi connectivity index (χ0n) is 23.6. The smallest absolute Gasteiger partial charge is 0.338 e. The molecule has 1 N–H and O–H groups in total. The normalized spacial score (nSPS) is 18.4. The number of hydrogen-bond acceptors (Lipinski definition) is 7. The van der Waals surface area contributed by atoms with Gasteiger partial charge in [-0.15, -0.1) is 0 Å². The van der Waals surface area contributed by atoms with Crippen molar-refractivity contribution in [3.05, 3.63) is 64.7 Å². The highest BCUT2D eigenvalue weighted by Gasteiger charge is 2.30. The average Bonchev–Trinajstić information content (AvgIpc) is 2.87. The highest BCUT2D eigenvalue weighted by atomic mass is 16.6. The number of carbonyl (C=O) groups is 2. The molecule has 0 amide bonds. The van der Waals surface area contributed by atoms with Gasteiger partial charge >= 0.3 is 5.97 Å². The van der Waals surface area contributed by atoms with Gasteiger partial charge in [0, 0.05) is 38.3 Å². The van der Waals surface area contributed by atoms with Crippen molar-refractivity contribution in [1.82, 2.24) is 10.2 Å². The summed E-state index contributed by atoms with van der Waals surface area (Å²) in [6.07, 6.45) is 3.60. The Morgan fingerprint density at radius 1 is 1.05 bits per heavy atom. The second-order valence-electron chi connectivity index (χ2n) is 11.7. The predicted octanol–water partition coefficient (Wildman–Crippen LogP) is 4.19. The fourth-order valence-electron chi connectivity index (χ4n) is 5.23. The van der Waals surface area contributed by atoms with Gasteiger partial charge in [-0.2, -0.15) is 0 Å². The summed E-state index contributed by atoms with van der Waals surface area (Å²) in [5.41, 5.74) is 4.48. The van der Waals surface area contributed by atoms with E-state index in [4.69, 9.17) is 9.47 Å². The van der Waals surface area contributed by atoms with Gasteiger partial charge in [-0.3, -0.25) is 4.79 Å². The Hall–Kier alpha value is -2.74. The number of ether oxygens (including phenoxy) is 2. The molecule has 2 heterocycles. The minimum absolute atomic E-state index is 0.140. The lowest BCUT2D eigenvalue weighted by Crippen LogP contribution is -2.40. The van der Waals surface area contributed by atoms with Crippen LogP contribution in [0, 0.1) is 0 Å². The van der Waals surface area contributed by atoms with Crippen molar-refractivity contribution in [2.75, 3.05) is 51.8 Å². The number of rotatable bonds is 9. The summed E-state index contributed by atoms with van der Waals surface area (Å²) in [6, 6.07) is 13.2. The highest BCUT2D eigenvalue weighted by Crippen LogP contribution is 2.34. The Morgan fingerprint density at radius 3 is 2.42 bits per heavy atom. The third-order valence-corrected chi connectivity index (χ3v) is 7.19. The van der Waals surface area contributed by atoms with Crippen LogP contribution in [0.4, 0.5) is 5.69 Å². The number of Topliss-reactive ketones (excluding diaryl/α,β-unsaturated/α-hetero) is 1. The zero-order chi connectivity index (χ0) is 27.3. The van der Waals surface area contributed by atoms with Gasteiger partial charge in [0.05, 0.1) is 24.3 Å². The first kappa shape index (κ1) is 28.3. The first-order valence-corrected chi connectivity index (χ1v) is 13.8. The summed E-state index contributed by atoms with van der Waals surface area (Å²) in [6.45, 7) is 9.99. The van der Waals surface area contributed by atoms with Crippen LogP contribution in [0.5, 0.6) is 0 Å². The molecule has 7 heteroatoms. The van der Waals surface area contributed by atoms with Crippen LogP contribution in [0.15, 0.2) is 42.5 Å². The minimum Gasteiger partial charge on any atom is -0.456 e. The molecular weight excluding hydrogens is 478 g/mol. The van der Waals surface area contributed by atoms with Crippen LogP contribution < -0.4 is 10.2 Å². The van der Waals surface area contributed by atoms with E-state index in [1.165, 1.54) is 11.3 Å².